The van der Waals surface area contributed by atoms with Gasteiger partial charge in [0.05, 0.1) is 6.20 Å². The lowest BCUT2D eigenvalue weighted by atomic mass is 10.6. The highest BCUT2D eigenvalue weighted by Gasteiger charge is 2.10. The maximum atomic E-state index is 11.6. The van der Waals surface area contributed by atoms with E-state index < -0.39 is 6.61 Å². The van der Waals surface area contributed by atoms with Gasteiger partial charge in [-0.2, -0.15) is 8.78 Å². The summed E-state index contributed by atoms with van der Waals surface area (Å²) in [6.07, 6.45) is 0.976. The van der Waals surface area contributed by atoms with E-state index in [0.29, 0.717) is 0 Å². The van der Waals surface area contributed by atoms with Crippen LogP contribution in [0.4, 0.5) is 8.78 Å². The van der Waals surface area contributed by atoms with Gasteiger partial charge in [0.2, 0.25) is 5.28 Å². The van der Waals surface area contributed by atoms with Crippen LogP contribution in [-0.4, -0.2) is 16.6 Å². The van der Waals surface area contributed by atoms with Crippen molar-refractivity contribution in [2.45, 2.75) is 6.61 Å². The van der Waals surface area contributed by atoms with Crippen LogP contribution in [-0.2, 0) is 0 Å². The molecule has 7 heteroatoms. The van der Waals surface area contributed by atoms with Crippen LogP contribution in [0.5, 0.6) is 5.75 Å². The first-order valence-corrected chi connectivity index (χ1v) is 3.48. The highest BCUT2D eigenvalue weighted by Crippen LogP contribution is 2.23. The van der Waals surface area contributed by atoms with E-state index in [-0.39, 0.29) is 16.2 Å². The third kappa shape index (κ3) is 2.42. The van der Waals surface area contributed by atoms with E-state index in [9.17, 15) is 8.78 Å². The molecule has 0 saturated heterocycles. The Balaban J connectivity index is 2.86. The molecule has 0 bridgehead atoms. The molecule has 0 saturated carbocycles. The topological polar surface area (TPSA) is 35.0 Å². The summed E-state index contributed by atoms with van der Waals surface area (Å²) in [5, 5.41) is -0.364. The number of alkyl halides is 2. The van der Waals surface area contributed by atoms with Gasteiger partial charge in [-0.25, -0.2) is 9.97 Å². The number of halogens is 4. The molecule has 0 aliphatic heterocycles. The van der Waals surface area contributed by atoms with Crippen molar-refractivity contribution in [3.63, 3.8) is 0 Å². The normalized spacial score (nSPS) is 10.4. The van der Waals surface area contributed by atoms with Gasteiger partial charge >= 0.3 is 6.61 Å². The number of hydrogen-bond acceptors (Lipinski definition) is 3. The molecule has 1 aromatic rings. The Labute approximate surface area is 76.3 Å². The summed E-state index contributed by atoms with van der Waals surface area (Å²) >= 11 is 10.7. The summed E-state index contributed by atoms with van der Waals surface area (Å²) in [4.78, 5) is 6.79. The number of ether oxygens (including phenoxy) is 1. The van der Waals surface area contributed by atoms with E-state index in [1.165, 1.54) is 0 Å². The molecule has 0 aliphatic carbocycles. The van der Waals surface area contributed by atoms with Crippen LogP contribution < -0.4 is 4.74 Å². The first-order chi connectivity index (χ1) is 5.59. The molecule has 1 rings (SSSR count). The predicted octanol–water partition coefficient (Wildman–Crippen LogP) is 2.38. The number of hydrogen-bond donors (Lipinski definition) is 0. The zero-order valence-corrected chi connectivity index (χ0v) is 6.98. The maximum Gasteiger partial charge on any atom is 0.387 e. The number of aromatic nitrogens is 2. The van der Waals surface area contributed by atoms with Crippen molar-refractivity contribution in [3.05, 3.63) is 16.6 Å². The van der Waals surface area contributed by atoms with Crippen LogP contribution in [0.15, 0.2) is 6.20 Å². The van der Waals surface area contributed by atoms with Crippen molar-refractivity contribution in [1.82, 2.24) is 9.97 Å². The van der Waals surface area contributed by atoms with Gasteiger partial charge in [-0.15, -0.1) is 0 Å². The van der Waals surface area contributed by atoms with E-state index in [0.717, 1.165) is 6.20 Å². The largest absolute Gasteiger partial charge is 0.430 e. The Hall–Kier alpha value is -0.680. The molecule has 0 fully saturated rings. The first kappa shape index (κ1) is 9.41. The molecule has 0 aromatic carbocycles. The highest BCUT2D eigenvalue weighted by molar-refractivity contribution is 6.32. The van der Waals surface area contributed by atoms with E-state index in [1.807, 2.05) is 0 Å². The van der Waals surface area contributed by atoms with E-state index >= 15 is 0 Å². The van der Waals surface area contributed by atoms with Crippen molar-refractivity contribution >= 4 is 23.2 Å². The molecule has 0 amide bonds. The second kappa shape index (κ2) is 3.82. The van der Waals surface area contributed by atoms with Crippen molar-refractivity contribution in [1.29, 1.82) is 0 Å². The Morgan fingerprint density at radius 1 is 1.42 bits per heavy atom. The molecule has 66 valence electrons. The third-order valence-corrected chi connectivity index (χ3v) is 1.35. The van der Waals surface area contributed by atoms with Crippen LogP contribution >= 0.6 is 23.2 Å². The average molecular weight is 215 g/mol. The summed E-state index contributed by atoms with van der Waals surface area (Å²) in [5.74, 6) is -0.295. The molecule has 0 N–H and O–H groups in total. The molecule has 12 heavy (non-hydrogen) atoms. The molecule has 0 atom stereocenters. The van der Waals surface area contributed by atoms with Crippen molar-refractivity contribution in [3.8, 4) is 5.75 Å². The van der Waals surface area contributed by atoms with Crippen LogP contribution in [0.2, 0.25) is 10.4 Å². The van der Waals surface area contributed by atoms with Crippen molar-refractivity contribution in [2.24, 2.45) is 0 Å². The average Bonchev–Trinajstić information content (AvgIpc) is 1.94. The Morgan fingerprint density at radius 3 is 2.58 bits per heavy atom. The summed E-state index contributed by atoms with van der Waals surface area (Å²) in [7, 11) is 0. The fourth-order valence-corrected chi connectivity index (χ4v) is 0.855. The quantitative estimate of drug-likeness (QED) is 0.561. The zero-order valence-electron chi connectivity index (χ0n) is 5.47. The lowest BCUT2D eigenvalue weighted by Gasteiger charge is -2.03. The molecule has 3 nitrogen and oxygen atoms in total. The summed E-state index contributed by atoms with van der Waals surface area (Å²) < 4.78 is 27.2. The third-order valence-electron chi connectivity index (χ3n) is 0.898. The van der Waals surface area contributed by atoms with Gasteiger partial charge in [-0.05, 0) is 11.6 Å². The lowest BCUT2D eigenvalue weighted by molar-refractivity contribution is -0.0502. The first-order valence-electron chi connectivity index (χ1n) is 2.72. The van der Waals surface area contributed by atoms with E-state index in [2.05, 4.69) is 14.7 Å². The molecule has 1 aromatic heterocycles. The molecule has 1 heterocycles. The zero-order chi connectivity index (χ0) is 9.14. The molecule has 0 radical (unpaired) electrons. The number of nitrogens with zero attached hydrogens (tertiary/aromatic N) is 2. The fourth-order valence-electron chi connectivity index (χ4n) is 0.505. The standard InChI is InChI=1S/C5H2Cl2F2N2O/c6-3-2(12-5(8)9)1-10-4(7)11-3/h1,5H. The van der Waals surface area contributed by atoms with Gasteiger partial charge in [0.1, 0.15) is 0 Å². The van der Waals surface area contributed by atoms with Crippen LogP contribution in [0.3, 0.4) is 0 Å². The van der Waals surface area contributed by atoms with Gasteiger partial charge in [0, 0.05) is 0 Å². The number of rotatable bonds is 2. The minimum Gasteiger partial charge on any atom is -0.430 e. The van der Waals surface area contributed by atoms with Gasteiger partial charge < -0.3 is 4.74 Å². The van der Waals surface area contributed by atoms with Crippen molar-refractivity contribution < 1.29 is 13.5 Å². The Kier molecular flexibility index (Phi) is 2.99. The second-order valence-corrected chi connectivity index (χ2v) is 2.37. The highest BCUT2D eigenvalue weighted by atomic mass is 35.5. The van der Waals surface area contributed by atoms with Gasteiger partial charge in [0.25, 0.3) is 0 Å². The molecule has 0 spiro atoms. The van der Waals surface area contributed by atoms with Gasteiger partial charge in [-0.1, -0.05) is 11.6 Å². The SMILES string of the molecule is FC(F)Oc1cnc(Cl)nc1Cl. The summed E-state index contributed by atoms with van der Waals surface area (Å²) in [5.41, 5.74) is 0. The predicted molar refractivity (Wildman–Crippen MR) is 38.7 cm³/mol. The van der Waals surface area contributed by atoms with E-state index in [4.69, 9.17) is 23.2 Å². The molecule has 0 unspecified atom stereocenters. The van der Waals surface area contributed by atoms with E-state index in [1.54, 1.807) is 0 Å². The monoisotopic (exact) mass is 214 g/mol. The van der Waals surface area contributed by atoms with Crippen LogP contribution in [0.1, 0.15) is 0 Å². The lowest BCUT2D eigenvalue weighted by Crippen LogP contribution is -2.03. The molecule has 0 aliphatic rings. The second-order valence-electron chi connectivity index (χ2n) is 1.67. The smallest absolute Gasteiger partial charge is 0.387 e. The molecular formula is C5H2Cl2F2N2O. The Morgan fingerprint density at radius 2 is 2.08 bits per heavy atom. The van der Waals surface area contributed by atoms with Crippen molar-refractivity contribution in [2.75, 3.05) is 0 Å². The van der Waals surface area contributed by atoms with Gasteiger partial charge in [0.15, 0.2) is 10.9 Å². The van der Waals surface area contributed by atoms with Crippen LogP contribution in [0, 0.1) is 0 Å². The van der Waals surface area contributed by atoms with Crippen LogP contribution in [0.25, 0.3) is 0 Å². The Bertz CT molecular complexity index is 284. The molecular weight excluding hydrogens is 213 g/mol. The minimum atomic E-state index is -2.95. The minimum absolute atomic E-state index is 0.124. The summed E-state index contributed by atoms with van der Waals surface area (Å²) in [6, 6.07) is 0. The summed E-state index contributed by atoms with van der Waals surface area (Å²) in [6.45, 7) is -2.95. The maximum absolute atomic E-state index is 11.6. The fraction of sp³-hybridized carbons (Fsp3) is 0.200. The van der Waals surface area contributed by atoms with Gasteiger partial charge in [-0.3, -0.25) is 0 Å².